The summed E-state index contributed by atoms with van der Waals surface area (Å²) in [4.78, 5) is 11.1. The third-order valence-corrected chi connectivity index (χ3v) is 3.48. The summed E-state index contributed by atoms with van der Waals surface area (Å²) in [5.41, 5.74) is 3.77. The van der Waals surface area contributed by atoms with Gasteiger partial charge in [-0.25, -0.2) is 0 Å². The van der Waals surface area contributed by atoms with E-state index in [2.05, 4.69) is 41.9 Å². The van der Waals surface area contributed by atoms with E-state index in [1.165, 1.54) is 12.5 Å². The third kappa shape index (κ3) is 5.38. The maximum Gasteiger partial charge on any atom is 0.221 e. The number of carbonyl (C=O) groups excluding carboxylic acids is 1. The summed E-state index contributed by atoms with van der Waals surface area (Å²) in [5, 5.41) is 9.50. The molecule has 0 aliphatic carbocycles. The monoisotopic (exact) mass is 327 g/mol. The molecule has 0 aliphatic heterocycles. The lowest BCUT2D eigenvalue weighted by Gasteiger charge is -2.12. The van der Waals surface area contributed by atoms with E-state index in [0.717, 1.165) is 17.1 Å². The number of anilines is 3. The number of nitrogens with one attached hydrogen (secondary N) is 3. The molecule has 0 aliphatic rings. The van der Waals surface area contributed by atoms with Gasteiger partial charge in [0.25, 0.3) is 0 Å². The highest BCUT2D eigenvalue weighted by atomic mass is 32.1. The summed E-state index contributed by atoms with van der Waals surface area (Å²) in [6.07, 6.45) is 0. The topological polar surface area (TPSA) is 53.2 Å². The number of hydrogen-bond donors (Lipinski definition) is 3. The predicted molar refractivity (Wildman–Crippen MR) is 101 cm³/mol. The van der Waals surface area contributed by atoms with Crippen LogP contribution in [-0.4, -0.2) is 11.0 Å². The van der Waals surface area contributed by atoms with Crippen molar-refractivity contribution in [1.82, 2.24) is 0 Å². The van der Waals surface area contributed by atoms with Gasteiger partial charge >= 0.3 is 0 Å². The van der Waals surface area contributed by atoms with Crippen molar-refractivity contribution in [3.05, 3.63) is 54.1 Å². The Hall–Kier alpha value is -2.40. The lowest BCUT2D eigenvalue weighted by Crippen LogP contribution is -2.19. The van der Waals surface area contributed by atoms with Gasteiger partial charge in [-0.05, 0) is 54.0 Å². The fourth-order valence-electron chi connectivity index (χ4n) is 2.12. The summed E-state index contributed by atoms with van der Waals surface area (Å²) in [6, 6.07) is 15.6. The van der Waals surface area contributed by atoms with Gasteiger partial charge in [0.05, 0.1) is 0 Å². The molecule has 0 fully saturated rings. The Morgan fingerprint density at radius 3 is 2.04 bits per heavy atom. The van der Waals surface area contributed by atoms with Crippen LogP contribution in [0.3, 0.4) is 0 Å². The van der Waals surface area contributed by atoms with Crippen LogP contribution in [0.5, 0.6) is 0 Å². The van der Waals surface area contributed by atoms with Gasteiger partial charge in [0, 0.05) is 24.0 Å². The van der Waals surface area contributed by atoms with Gasteiger partial charge in [-0.2, -0.15) is 0 Å². The van der Waals surface area contributed by atoms with Crippen LogP contribution in [0, 0.1) is 0 Å². The second-order valence-electron chi connectivity index (χ2n) is 5.62. The number of hydrogen-bond acceptors (Lipinski definition) is 2. The molecule has 23 heavy (non-hydrogen) atoms. The molecule has 0 spiro atoms. The number of thiocarbonyl (C=S) groups is 1. The fourth-order valence-corrected chi connectivity index (χ4v) is 2.36. The predicted octanol–water partition coefficient (Wildman–Crippen LogP) is 4.58. The van der Waals surface area contributed by atoms with Crippen molar-refractivity contribution in [2.45, 2.75) is 26.7 Å². The highest BCUT2D eigenvalue weighted by Gasteiger charge is 2.03. The number of carbonyl (C=O) groups is 1. The average Bonchev–Trinajstić information content (AvgIpc) is 2.47. The van der Waals surface area contributed by atoms with E-state index in [0.29, 0.717) is 11.0 Å². The second kappa shape index (κ2) is 7.74. The van der Waals surface area contributed by atoms with E-state index in [-0.39, 0.29) is 5.91 Å². The number of benzene rings is 2. The normalized spacial score (nSPS) is 10.3. The van der Waals surface area contributed by atoms with Gasteiger partial charge in [-0.3, -0.25) is 4.79 Å². The highest BCUT2D eigenvalue weighted by Crippen LogP contribution is 2.18. The second-order valence-corrected chi connectivity index (χ2v) is 6.03. The molecule has 2 aromatic rings. The molecule has 120 valence electrons. The summed E-state index contributed by atoms with van der Waals surface area (Å²) < 4.78 is 0. The Balaban J connectivity index is 1.97. The molecular formula is C18H21N3OS. The van der Waals surface area contributed by atoms with Crippen molar-refractivity contribution < 1.29 is 4.79 Å². The van der Waals surface area contributed by atoms with E-state index in [4.69, 9.17) is 12.2 Å². The minimum atomic E-state index is -0.104. The van der Waals surface area contributed by atoms with E-state index in [1.807, 2.05) is 36.4 Å². The molecule has 0 saturated carbocycles. The van der Waals surface area contributed by atoms with Crippen LogP contribution in [0.4, 0.5) is 17.1 Å². The Labute approximate surface area is 142 Å². The first kappa shape index (κ1) is 17.0. The highest BCUT2D eigenvalue weighted by molar-refractivity contribution is 7.80. The van der Waals surface area contributed by atoms with Gasteiger partial charge < -0.3 is 16.0 Å². The molecule has 0 heterocycles. The first-order chi connectivity index (χ1) is 10.9. The van der Waals surface area contributed by atoms with Gasteiger partial charge in [0.2, 0.25) is 5.91 Å². The van der Waals surface area contributed by atoms with E-state index < -0.39 is 0 Å². The molecule has 2 rings (SSSR count). The molecule has 4 nitrogen and oxygen atoms in total. The zero-order chi connectivity index (χ0) is 16.8. The first-order valence-electron chi connectivity index (χ1n) is 7.49. The smallest absolute Gasteiger partial charge is 0.221 e. The average molecular weight is 327 g/mol. The van der Waals surface area contributed by atoms with Crippen LogP contribution in [0.2, 0.25) is 0 Å². The standard InChI is InChI=1S/C18H21N3OS/c1-12(2)14-7-9-15(10-8-14)20-18(23)21-17-6-4-5-16(11-17)19-13(3)22/h4-12H,1-3H3,(H,19,22)(H2,20,21,23). The minimum absolute atomic E-state index is 0.104. The van der Waals surface area contributed by atoms with Gasteiger partial charge in [-0.15, -0.1) is 0 Å². The molecular weight excluding hydrogens is 306 g/mol. The maximum absolute atomic E-state index is 11.1. The van der Waals surface area contributed by atoms with E-state index >= 15 is 0 Å². The Bertz CT molecular complexity index is 696. The van der Waals surface area contributed by atoms with Crippen molar-refractivity contribution >= 4 is 40.3 Å². The Morgan fingerprint density at radius 2 is 1.48 bits per heavy atom. The summed E-state index contributed by atoms with van der Waals surface area (Å²) >= 11 is 5.32. The third-order valence-electron chi connectivity index (χ3n) is 3.28. The minimum Gasteiger partial charge on any atom is -0.332 e. The van der Waals surface area contributed by atoms with Crippen molar-refractivity contribution in [3.63, 3.8) is 0 Å². The molecule has 0 radical (unpaired) electrons. The van der Waals surface area contributed by atoms with Crippen LogP contribution in [0.15, 0.2) is 48.5 Å². The zero-order valence-corrected chi connectivity index (χ0v) is 14.3. The Kier molecular flexibility index (Phi) is 5.71. The van der Waals surface area contributed by atoms with Gasteiger partial charge in [0.15, 0.2) is 5.11 Å². The molecule has 3 N–H and O–H groups in total. The van der Waals surface area contributed by atoms with Crippen molar-refractivity contribution in [2.75, 3.05) is 16.0 Å². The van der Waals surface area contributed by atoms with Crippen LogP contribution < -0.4 is 16.0 Å². The Morgan fingerprint density at radius 1 is 0.913 bits per heavy atom. The largest absolute Gasteiger partial charge is 0.332 e. The van der Waals surface area contributed by atoms with E-state index in [9.17, 15) is 4.79 Å². The van der Waals surface area contributed by atoms with Crippen LogP contribution in [0.25, 0.3) is 0 Å². The first-order valence-corrected chi connectivity index (χ1v) is 7.90. The van der Waals surface area contributed by atoms with Crippen molar-refractivity contribution in [1.29, 1.82) is 0 Å². The molecule has 0 unspecified atom stereocenters. The molecule has 1 amide bonds. The number of amides is 1. The lowest BCUT2D eigenvalue weighted by atomic mass is 10.0. The molecule has 5 heteroatoms. The van der Waals surface area contributed by atoms with Gasteiger partial charge in [0.1, 0.15) is 0 Å². The van der Waals surface area contributed by atoms with Crippen LogP contribution in [-0.2, 0) is 4.79 Å². The summed E-state index contributed by atoms with van der Waals surface area (Å²) in [6.45, 7) is 5.81. The molecule has 0 bridgehead atoms. The quantitative estimate of drug-likeness (QED) is 0.720. The van der Waals surface area contributed by atoms with Crippen molar-refractivity contribution in [2.24, 2.45) is 0 Å². The van der Waals surface area contributed by atoms with Gasteiger partial charge in [-0.1, -0.05) is 32.0 Å². The molecule has 0 aromatic heterocycles. The molecule has 2 aromatic carbocycles. The summed E-state index contributed by atoms with van der Waals surface area (Å²) in [7, 11) is 0. The molecule has 0 atom stereocenters. The van der Waals surface area contributed by atoms with Crippen molar-refractivity contribution in [3.8, 4) is 0 Å². The van der Waals surface area contributed by atoms with Crippen LogP contribution in [0.1, 0.15) is 32.3 Å². The zero-order valence-electron chi connectivity index (χ0n) is 13.5. The fraction of sp³-hybridized carbons (Fsp3) is 0.222. The molecule has 0 saturated heterocycles. The SMILES string of the molecule is CC(=O)Nc1cccc(NC(=S)Nc2ccc(C(C)C)cc2)c1. The number of rotatable bonds is 4. The van der Waals surface area contributed by atoms with E-state index in [1.54, 1.807) is 0 Å². The van der Waals surface area contributed by atoms with Crippen LogP contribution >= 0.6 is 12.2 Å². The lowest BCUT2D eigenvalue weighted by molar-refractivity contribution is -0.114. The summed E-state index contributed by atoms with van der Waals surface area (Å²) in [5.74, 6) is 0.402. The maximum atomic E-state index is 11.1.